The number of hydrogen-bond donors (Lipinski definition) is 1. The fraction of sp³-hybridized carbons (Fsp3) is 0.211. The van der Waals surface area contributed by atoms with E-state index in [4.69, 9.17) is 16.3 Å². The molecule has 3 rings (SSSR count). The summed E-state index contributed by atoms with van der Waals surface area (Å²) in [4.78, 5) is 12.5. The number of aryl methyl sites for hydroxylation is 1. The second-order valence-corrected chi connectivity index (χ2v) is 7.15. The maximum Gasteiger partial charge on any atom is 0.267 e. The first-order valence-electron chi connectivity index (χ1n) is 8.19. The lowest BCUT2D eigenvalue weighted by molar-refractivity contribution is -0.122. The van der Waals surface area contributed by atoms with Gasteiger partial charge < -0.3 is 4.74 Å². The zero-order valence-corrected chi connectivity index (χ0v) is 16.0. The first-order valence-corrected chi connectivity index (χ1v) is 9.38. The Hall–Kier alpha value is -2.44. The van der Waals surface area contributed by atoms with Crippen LogP contribution in [0.3, 0.4) is 0 Å². The van der Waals surface area contributed by atoms with E-state index >= 15 is 0 Å². The number of hydrogen-bond acceptors (Lipinski definition) is 5. The molecule has 0 saturated carbocycles. The summed E-state index contributed by atoms with van der Waals surface area (Å²) in [7, 11) is 0. The lowest BCUT2D eigenvalue weighted by Crippen LogP contribution is -2.32. The van der Waals surface area contributed by atoms with Crippen LogP contribution >= 0.6 is 22.9 Å². The molecular weight excluding hydrogens is 370 g/mol. The van der Waals surface area contributed by atoms with Gasteiger partial charge in [-0.25, -0.2) is 0 Å². The van der Waals surface area contributed by atoms with Crippen molar-refractivity contribution in [1.29, 1.82) is 0 Å². The van der Waals surface area contributed by atoms with Crippen LogP contribution in [0.5, 0.6) is 5.75 Å². The Morgan fingerprint density at radius 1 is 1.23 bits per heavy atom. The summed E-state index contributed by atoms with van der Waals surface area (Å²) in [6.45, 7) is 3.91. The van der Waals surface area contributed by atoms with Gasteiger partial charge >= 0.3 is 0 Å². The van der Waals surface area contributed by atoms with Crippen LogP contribution < -0.4 is 10.1 Å². The van der Waals surface area contributed by atoms with Gasteiger partial charge in [0.2, 0.25) is 5.13 Å². The van der Waals surface area contributed by atoms with E-state index in [0.717, 1.165) is 10.6 Å². The molecule has 2 aromatic carbocycles. The maximum absolute atomic E-state index is 12.5. The molecule has 0 aliphatic carbocycles. The Morgan fingerprint density at radius 3 is 2.69 bits per heavy atom. The van der Waals surface area contributed by atoms with E-state index in [1.54, 1.807) is 24.3 Å². The number of amides is 1. The Bertz CT molecular complexity index is 896. The zero-order chi connectivity index (χ0) is 18.5. The lowest BCUT2D eigenvalue weighted by Gasteiger charge is -2.16. The molecule has 1 heterocycles. The van der Waals surface area contributed by atoms with Crippen LogP contribution in [0.4, 0.5) is 5.13 Å². The summed E-state index contributed by atoms with van der Waals surface area (Å²) in [6, 6.07) is 15.0. The molecule has 3 aromatic rings. The number of nitrogens with one attached hydrogen (secondary N) is 1. The van der Waals surface area contributed by atoms with Crippen molar-refractivity contribution in [3.05, 3.63) is 59.1 Å². The molecule has 0 unspecified atom stereocenters. The summed E-state index contributed by atoms with van der Waals surface area (Å²) < 4.78 is 5.74. The first kappa shape index (κ1) is 18.4. The monoisotopic (exact) mass is 387 g/mol. The van der Waals surface area contributed by atoms with E-state index in [9.17, 15) is 4.79 Å². The van der Waals surface area contributed by atoms with Crippen LogP contribution in [0.2, 0.25) is 5.02 Å². The lowest BCUT2D eigenvalue weighted by atomic mass is 10.2. The number of nitrogens with zero attached hydrogens (tertiary/aromatic N) is 2. The zero-order valence-electron chi connectivity index (χ0n) is 14.4. The number of carbonyl (C=O) groups is 1. The highest BCUT2D eigenvalue weighted by Gasteiger charge is 2.20. The van der Waals surface area contributed by atoms with Gasteiger partial charge in [0.05, 0.1) is 0 Å². The molecule has 0 fully saturated rings. The molecule has 1 amide bonds. The standard InChI is InChI=1S/C19H18ClN3O2S/c1-3-16(25-15-6-4-5-14(20)11-15)17(24)21-19-23-22-18(26-19)13-9-7-12(2)8-10-13/h4-11,16H,3H2,1-2H3,(H,21,23,24)/t16-/m1/s1. The van der Waals surface area contributed by atoms with Crippen molar-refractivity contribution in [2.45, 2.75) is 26.4 Å². The average Bonchev–Trinajstić information content (AvgIpc) is 3.08. The summed E-state index contributed by atoms with van der Waals surface area (Å²) in [5.74, 6) is 0.288. The highest BCUT2D eigenvalue weighted by atomic mass is 35.5. The Labute approximate surface area is 161 Å². The van der Waals surface area contributed by atoms with Crippen LogP contribution in [0.1, 0.15) is 18.9 Å². The van der Waals surface area contributed by atoms with E-state index < -0.39 is 6.10 Å². The average molecular weight is 388 g/mol. The minimum absolute atomic E-state index is 0.265. The molecule has 1 aromatic heterocycles. The molecule has 5 nitrogen and oxygen atoms in total. The molecule has 1 atom stereocenters. The topological polar surface area (TPSA) is 64.1 Å². The highest BCUT2D eigenvalue weighted by molar-refractivity contribution is 7.18. The van der Waals surface area contributed by atoms with E-state index in [1.807, 2.05) is 38.1 Å². The van der Waals surface area contributed by atoms with Crippen molar-refractivity contribution in [3.63, 3.8) is 0 Å². The van der Waals surface area contributed by atoms with Gasteiger partial charge in [-0.05, 0) is 31.5 Å². The number of rotatable bonds is 6. The fourth-order valence-electron chi connectivity index (χ4n) is 2.30. The van der Waals surface area contributed by atoms with E-state index in [2.05, 4.69) is 15.5 Å². The molecule has 0 radical (unpaired) electrons. The summed E-state index contributed by atoms with van der Waals surface area (Å²) in [5, 5.41) is 12.7. The van der Waals surface area contributed by atoms with Gasteiger partial charge in [-0.2, -0.15) is 0 Å². The number of anilines is 1. The molecular formula is C19H18ClN3O2S. The normalized spacial score (nSPS) is 11.8. The summed E-state index contributed by atoms with van der Waals surface area (Å²) in [5.41, 5.74) is 2.14. The first-order chi connectivity index (χ1) is 12.5. The number of carbonyl (C=O) groups excluding carboxylic acids is 1. The van der Waals surface area contributed by atoms with Crippen LogP contribution in [-0.2, 0) is 4.79 Å². The largest absolute Gasteiger partial charge is 0.481 e. The van der Waals surface area contributed by atoms with Crippen molar-refractivity contribution in [3.8, 4) is 16.3 Å². The third-order valence-electron chi connectivity index (χ3n) is 3.69. The van der Waals surface area contributed by atoms with Crippen molar-refractivity contribution in [2.24, 2.45) is 0 Å². The third kappa shape index (κ3) is 4.59. The second-order valence-electron chi connectivity index (χ2n) is 5.74. The second kappa shape index (κ2) is 8.29. The molecule has 0 aliphatic rings. The minimum atomic E-state index is -0.639. The summed E-state index contributed by atoms with van der Waals surface area (Å²) >= 11 is 7.28. The predicted molar refractivity (Wildman–Crippen MR) is 105 cm³/mol. The van der Waals surface area contributed by atoms with Gasteiger partial charge in [-0.15, -0.1) is 10.2 Å². The molecule has 0 spiro atoms. The number of benzene rings is 2. The summed E-state index contributed by atoms with van der Waals surface area (Å²) in [6.07, 6.45) is -0.123. The van der Waals surface area contributed by atoms with Crippen molar-refractivity contribution in [1.82, 2.24) is 10.2 Å². The van der Waals surface area contributed by atoms with Crippen LogP contribution in [0.15, 0.2) is 48.5 Å². The minimum Gasteiger partial charge on any atom is -0.481 e. The Kier molecular flexibility index (Phi) is 5.85. The maximum atomic E-state index is 12.5. The van der Waals surface area contributed by atoms with Crippen molar-refractivity contribution >= 4 is 34.0 Å². The molecule has 134 valence electrons. The Morgan fingerprint density at radius 2 is 2.00 bits per heavy atom. The SMILES string of the molecule is CC[C@@H](Oc1cccc(Cl)c1)C(=O)Nc1nnc(-c2ccc(C)cc2)s1. The number of aromatic nitrogens is 2. The third-order valence-corrected chi connectivity index (χ3v) is 4.81. The van der Waals surface area contributed by atoms with E-state index in [-0.39, 0.29) is 5.91 Å². The number of halogens is 1. The quantitative estimate of drug-likeness (QED) is 0.649. The molecule has 1 N–H and O–H groups in total. The molecule has 0 aliphatic heterocycles. The molecule has 0 saturated heterocycles. The van der Waals surface area contributed by atoms with Crippen LogP contribution in [0, 0.1) is 6.92 Å². The molecule has 26 heavy (non-hydrogen) atoms. The predicted octanol–water partition coefficient (Wildman–Crippen LogP) is 4.96. The van der Waals surface area contributed by atoms with E-state index in [1.165, 1.54) is 16.9 Å². The van der Waals surface area contributed by atoms with Gasteiger partial charge in [0, 0.05) is 10.6 Å². The van der Waals surface area contributed by atoms with Gasteiger partial charge in [0.15, 0.2) is 6.10 Å². The van der Waals surface area contributed by atoms with Gasteiger partial charge in [-0.1, -0.05) is 65.8 Å². The van der Waals surface area contributed by atoms with E-state index in [0.29, 0.717) is 22.3 Å². The van der Waals surface area contributed by atoms with Crippen LogP contribution in [0.25, 0.3) is 10.6 Å². The van der Waals surface area contributed by atoms with Crippen molar-refractivity contribution < 1.29 is 9.53 Å². The van der Waals surface area contributed by atoms with Gasteiger partial charge in [0.25, 0.3) is 5.91 Å². The fourth-order valence-corrected chi connectivity index (χ4v) is 3.23. The molecule has 7 heteroatoms. The Balaban J connectivity index is 1.67. The van der Waals surface area contributed by atoms with Gasteiger partial charge in [0.1, 0.15) is 10.8 Å². The van der Waals surface area contributed by atoms with Crippen molar-refractivity contribution in [2.75, 3.05) is 5.32 Å². The smallest absolute Gasteiger partial charge is 0.267 e. The van der Waals surface area contributed by atoms with Gasteiger partial charge in [-0.3, -0.25) is 10.1 Å². The number of ether oxygens (including phenoxy) is 1. The van der Waals surface area contributed by atoms with Crippen LogP contribution in [-0.4, -0.2) is 22.2 Å². The highest BCUT2D eigenvalue weighted by Crippen LogP contribution is 2.27. The molecule has 0 bridgehead atoms.